The number of amides is 1. The molecule has 0 aromatic rings. The van der Waals surface area contributed by atoms with Crippen LogP contribution in [-0.2, 0) is 4.79 Å². The van der Waals surface area contributed by atoms with E-state index < -0.39 is 0 Å². The highest BCUT2D eigenvalue weighted by Gasteiger charge is 2.53. The van der Waals surface area contributed by atoms with Crippen LogP contribution in [0.4, 0.5) is 0 Å². The highest BCUT2D eigenvalue weighted by atomic mass is 16.2. The van der Waals surface area contributed by atoms with Crippen LogP contribution in [0.25, 0.3) is 0 Å². The number of rotatable bonds is 3. The fourth-order valence-electron chi connectivity index (χ4n) is 5.96. The smallest absolute Gasteiger partial charge is 0.222 e. The van der Waals surface area contributed by atoms with E-state index in [2.05, 4.69) is 0 Å². The summed E-state index contributed by atoms with van der Waals surface area (Å²) >= 11 is 0. The fraction of sp³-hybridized carbons (Fsp3) is 0.938. The first-order valence-electron chi connectivity index (χ1n) is 8.18. The summed E-state index contributed by atoms with van der Waals surface area (Å²) in [4.78, 5) is 13.8. The van der Waals surface area contributed by atoms with Gasteiger partial charge in [-0.2, -0.15) is 0 Å². The van der Waals surface area contributed by atoms with Crippen LogP contribution in [0.3, 0.4) is 0 Å². The predicted molar refractivity (Wildman–Crippen MR) is 74.4 cm³/mol. The van der Waals surface area contributed by atoms with E-state index in [-0.39, 0.29) is 6.04 Å². The molecule has 5 fully saturated rings. The van der Waals surface area contributed by atoms with Gasteiger partial charge in [0.25, 0.3) is 0 Å². The minimum Gasteiger partial charge on any atom is -0.341 e. The lowest BCUT2D eigenvalue weighted by atomic mass is 9.48. The van der Waals surface area contributed by atoms with Crippen LogP contribution in [0.2, 0.25) is 0 Å². The standard InChI is InChI=1S/C16H26N2O/c17-14(10-18-3-1-2-15(18)19)16-7-11-4-12(8-16)6-13(5-11)9-16/h11-14H,1-10,17H2. The summed E-state index contributed by atoms with van der Waals surface area (Å²) in [7, 11) is 0. The number of hydrogen-bond donors (Lipinski definition) is 1. The molecule has 1 aliphatic heterocycles. The van der Waals surface area contributed by atoms with Crippen LogP contribution in [0.5, 0.6) is 0 Å². The second-order valence-corrected chi connectivity index (χ2v) is 7.83. The Bertz CT molecular complexity index is 357. The van der Waals surface area contributed by atoms with E-state index in [1.165, 1.54) is 38.5 Å². The Morgan fingerprint density at radius 2 is 1.74 bits per heavy atom. The number of carbonyl (C=O) groups excluding carboxylic acids is 1. The van der Waals surface area contributed by atoms with E-state index in [1.807, 2.05) is 4.90 Å². The molecule has 1 saturated heterocycles. The SMILES string of the molecule is NC(CN1CCCC1=O)C12CC3CC(CC(C3)C1)C2. The topological polar surface area (TPSA) is 46.3 Å². The van der Waals surface area contributed by atoms with Crippen molar-refractivity contribution in [1.29, 1.82) is 0 Å². The Balaban J connectivity index is 1.50. The minimum absolute atomic E-state index is 0.225. The lowest BCUT2D eigenvalue weighted by Crippen LogP contribution is -2.57. The maximum absolute atomic E-state index is 11.8. The molecule has 0 spiro atoms. The van der Waals surface area contributed by atoms with Gasteiger partial charge in [0.05, 0.1) is 0 Å². The Morgan fingerprint density at radius 3 is 2.21 bits per heavy atom. The van der Waals surface area contributed by atoms with Gasteiger partial charge < -0.3 is 10.6 Å². The summed E-state index contributed by atoms with van der Waals surface area (Å²) in [5.74, 6) is 3.19. The van der Waals surface area contributed by atoms with Gasteiger partial charge in [0.2, 0.25) is 5.91 Å². The van der Waals surface area contributed by atoms with Crippen LogP contribution in [-0.4, -0.2) is 29.9 Å². The maximum Gasteiger partial charge on any atom is 0.222 e. The van der Waals surface area contributed by atoms with E-state index in [0.29, 0.717) is 11.3 Å². The Hall–Kier alpha value is -0.570. The molecule has 19 heavy (non-hydrogen) atoms. The van der Waals surface area contributed by atoms with Gasteiger partial charge in [-0.05, 0) is 68.1 Å². The number of likely N-dealkylation sites (tertiary alicyclic amines) is 1. The molecule has 0 aromatic carbocycles. The molecule has 1 heterocycles. The van der Waals surface area contributed by atoms with Crippen molar-refractivity contribution < 1.29 is 4.79 Å². The molecule has 0 aromatic heterocycles. The second kappa shape index (κ2) is 4.21. The largest absolute Gasteiger partial charge is 0.341 e. The van der Waals surface area contributed by atoms with Crippen molar-refractivity contribution in [3.05, 3.63) is 0 Å². The average Bonchev–Trinajstić information content (AvgIpc) is 2.73. The van der Waals surface area contributed by atoms with Crippen LogP contribution < -0.4 is 5.73 Å². The third-order valence-electron chi connectivity index (χ3n) is 6.46. The first-order valence-corrected chi connectivity index (χ1v) is 8.18. The van der Waals surface area contributed by atoms with Gasteiger partial charge in [-0.15, -0.1) is 0 Å². The van der Waals surface area contributed by atoms with Crippen LogP contribution in [0, 0.1) is 23.2 Å². The molecule has 5 rings (SSSR count). The molecule has 1 atom stereocenters. The Morgan fingerprint density at radius 1 is 1.16 bits per heavy atom. The molecule has 2 N–H and O–H groups in total. The molecule has 0 radical (unpaired) electrons. The van der Waals surface area contributed by atoms with Gasteiger partial charge in [0, 0.05) is 25.6 Å². The Labute approximate surface area is 115 Å². The normalized spacial score (nSPS) is 46.1. The third-order valence-corrected chi connectivity index (χ3v) is 6.46. The van der Waals surface area contributed by atoms with Gasteiger partial charge in [0.15, 0.2) is 0 Å². The summed E-state index contributed by atoms with van der Waals surface area (Å²) in [5, 5.41) is 0. The average molecular weight is 262 g/mol. The monoisotopic (exact) mass is 262 g/mol. The summed E-state index contributed by atoms with van der Waals surface area (Å²) in [6.45, 7) is 1.77. The molecule has 3 nitrogen and oxygen atoms in total. The lowest BCUT2D eigenvalue weighted by molar-refractivity contribution is -0.129. The molecule has 106 valence electrons. The lowest BCUT2D eigenvalue weighted by Gasteiger charge is -2.59. The van der Waals surface area contributed by atoms with Gasteiger partial charge in [-0.1, -0.05) is 0 Å². The van der Waals surface area contributed by atoms with Crippen LogP contribution in [0.15, 0.2) is 0 Å². The van der Waals surface area contributed by atoms with Crippen LogP contribution in [0.1, 0.15) is 51.4 Å². The Kier molecular flexibility index (Phi) is 2.70. The molecular weight excluding hydrogens is 236 g/mol. The van der Waals surface area contributed by atoms with Gasteiger partial charge in [-0.3, -0.25) is 4.79 Å². The van der Waals surface area contributed by atoms with Crippen molar-refractivity contribution >= 4 is 5.91 Å². The highest BCUT2D eigenvalue weighted by Crippen LogP contribution is 2.61. The zero-order valence-electron chi connectivity index (χ0n) is 11.8. The quantitative estimate of drug-likeness (QED) is 0.847. The van der Waals surface area contributed by atoms with Crippen molar-refractivity contribution in [1.82, 2.24) is 4.90 Å². The van der Waals surface area contributed by atoms with Crippen molar-refractivity contribution in [2.45, 2.75) is 57.4 Å². The molecule has 1 amide bonds. The van der Waals surface area contributed by atoms with E-state index >= 15 is 0 Å². The molecule has 5 aliphatic rings. The molecule has 4 saturated carbocycles. The van der Waals surface area contributed by atoms with E-state index in [4.69, 9.17) is 5.73 Å². The van der Waals surface area contributed by atoms with Crippen molar-refractivity contribution in [2.75, 3.05) is 13.1 Å². The van der Waals surface area contributed by atoms with Gasteiger partial charge in [0.1, 0.15) is 0 Å². The molecule has 3 heteroatoms. The first kappa shape index (κ1) is 12.2. The maximum atomic E-state index is 11.8. The summed E-state index contributed by atoms with van der Waals surface area (Å²) in [6.07, 6.45) is 10.2. The number of nitrogens with two attached hydrogens (primary N) is 1. The zero-order valence-corrected chi connectivity index (χ0v) is 11.8. The molecular formula is C16H26N2O. The third kappa shape index (κ3) is 1.93. The summed E-state index contributed by atoms with van der Waals surface area (Å²) in [6, 6.07) is 0.225. The van der Waals surface area contributed by atoms with Gasteiger partial charge >= 0.3 is 0 Å². The minimum atomic E-state index is 0.225. The summed E-state index contributed by atoms with van der Waals surface area (Å²) < 4.78 is 0. The van der Waals surface area contributed by atoms with Crippen molar-refractivity contribution in [3.63, 3.8) is 0 Å². The number of carbonyl (C=O) groups is 1. The van der Waals surface area contributed by atoms with E-state index in [0.717, 1.165) is 43.7 Å². The highest BCUT2D eigenvalue weighted by molar-refractivity contribution is 5.78. The molecule has 4 aliphatic carbocycles. The zero-order chi connectivity index (χ0) is 13.0. The predicted octanol–water partition coefficient (Wildman–Crippen LogP) is 2.15. The summed E-state index contributed by atoms with van der Waals surface area (Å²) in [5.41, 5.74) is 7.01. The van der Waals surface area contributed by atoms with E-state index in [9.17, 15) is 4.79 Å². The molecule has 1 unspecified atom stereocenters. The number of nitrogens with zero attached hydrogens (tertiary/aromatic N) is 1. The van der Waals surface area contributed by atoms with Crippen LogP contribution >= 0.6 is 0 Å². The molecule has 4 bridgehead atoms. The van der Waals surface area contributed by atoms with Crippen molar-refractivity contribution in [2.24, 2.45) is 28.9 Å². The fourth-order valence-corrected chi connectivity index (χ4v) is 5.96. The van der Waals surface area contributed by atoms with Gasteiger partial charge in [-0.25, -0.2) is 0 Å². The van der Waals surface area contributed by atoms with E-state index in [1.54, 1.807) is 0 Å². The second-order valence-electron chi connectivity index (χ2n) is 7.83. The van der Waals surface area contributed by atoms with Crippen molar-refractivity contribution in [3.8, 4) is 0 Å². The first-order chi connectivity index (χ1) is 9.14. The number of hydrogen-bond acceptors (Lipinski definition) is 2.